The summed E-state index contributed by atoms with van der Waals surface area (Å²) in [5, 5.41) is 8.74. The second kappa shape index (κ2) is 8.36. The summed E-state index contributed by atoms with van der Waals surface area (Å²) >= 11 is 0. The van der Waals surface area contributed by atoms with Crippen molar-refractivity contribution in [2.45, 2.75) is 38.8 Å². The number of aryl methyl sites for hydroxylation is 1. The molecule has 1 aliphatic heterocycles. The lowest BCUT2D eigenvalue weighted by atomic mass is 10.1. The van der Waals surface area contributed by atoms with Crippen molar-refractivity contribution in [1.82, 2.24) is 14.8 Å². The Hall–Kier alpha value is -2.34. The molecule has 0 spiro atoms. The molecular formula is C20H21BrN4O. The van der Waals surface area contributed by atoms with Crippen LogP contribution in [0.2, 0.25) is 0 Å². The van der Waals surface area contributed by atoms with Gasteiger partial charge in [-0.25, -0.2) is 0 Å². The van der Waals surface area contributed by atoms with Crippen LogP contribution in [-0.2, 0) is 19.5 Å². The Labute approximate surface area is 163 Å². The van der Waals surface area contributed by atoms with Gasteiger partial charge < -0.3 is 21.5 Å². The minimum absolute atomic E-state index is 0. The predicted molar refractivity (Wildman–Crippen MR) is 94.0 cm³/mol. The Morgan fingerprint density at radius 2 is 1.77 bits per heavy atom. The van der Waals surface area contributed by atoms with Gasteiger partial charge in [-0.05, 0) is 12.8 Å². The van der Waals surface area contributed by atoms with E-state index in [0.29, 0.717) is 6.54 Å². The van der Waals surface area contributed by atoms with Gasteiger partial charge in [0.15, 0.2) is 18.2 Å². The number of pyridine rings is 1. The molecule has 3 aromatic rings. The van der Waals surface area contributed by atoms with E-state index in [0.717, 1.165) is 35.7 Å². The first-order valence-corrected chi connectivity index (χ1v) is 8.81. The maximum Gasteiger partial charge on any atom is 0.227 e. The van der Waals surface area contributed by atoms with Crippen molar-refractivity contribution in [3.63, 3.8) is 0 Å². The van der Waals surface area contributed by atoms with Gasteiger partial charge in [0.05, 0.1) is 0 Å². The van der Waals surface area contributed by atoms with Crippen molar-refractivity contribution in [2.75, 3.05) is 0 Å². The molecule has 2 aromatic heterocycles. The Bertz CT molecular complexity index is 875. The third-order valence-corrected chi connectivity index (χ3v) is 4.68. The lowest BCUT2D eigenvalue weighted by Crippen LogP contribution is -3.00. The highest BCUT2D eigenvalue weighted by molar-refractivity contribution is 5.94. The van der Waals surface area contributed by atoms with E-state index in [1.165, 1.54) is 19.3 Å². The zero-order valence-corrected chi connectivity index (χ0v) is 16.1. The molecule has 6 heteroatoms. The number of carbonyl (C=O) groups is 1. The molecule has 0 atom stereocenters. The lowest BCUT2D eigenvalue weighted by Gasteiger charge is -2.06. The molecular weight excluding hydrogens is 392 g/mol. The number of halogens is 1. The van der Waals surface area contributed by atoms with Crippen LogP contribution in [-0.4, -0.2) is 20.5 Å². The topological polar surface area (TPSA) is 51.7 Å². The molecule has 0 amide bonds. The Balaban J connectivity index is 0.00000196. The van der Waals surface area contributed by atoms with Gasteiger partial charge in [-0.1, -0.05) is 36.8 Å². The van der Waals surface area contributed by atoms with Crippen LogP contribution in [0, 0.1) is 0 Å². The van der Waals surface area contributed by atoms with E-state index in [9.17, 15) is 4.79 Å². The third-order valence-electron chi connectivity index (χ3n) is 4.68. The van der Waals surface area contributed by atoms with E-state index in [2.05, 4.69) is 14.8 Å². The van der Waals surface area contributed by atoms with Crippen LogP contribution < -0.4 is 21.5 Å². The molecule has 0 fully saturated rings. The summed E-state index contributed by atoms with van der Waals surface area (Å²) in [6.45, 7) is 1.32. The van der Waals surface area contributed by atoms with Gasteiger partial charge >= 0.3 is 0 Å². The summed E-state index contributed by atoms with van der Waals surface area (Å²) in [5.74, 6) is 2.12. The minimum Gasteiger partial charge on any atom is -1.00 e. The van der Waals surface area contributed by atoms with E-state index >= 15 is 0 Å². The molecule has 134 valence electrons. The average molecular weight is 413 g/mol. The zero-order chi connectivity index (χ0) is 17.1. The zero-order valence-electron chi connectivity index (χ0n) is 14.5. The number of benzene rings is 1. The minimum atomic E-state index is 0. The number of fused-ring (bicyclic) bond motifs is 1. The number of hydrogen-bond donors (Lipinski definition) is 0. The van der Waals surface area contributed by atoms with Crippen LogP contribution in [0.15, 0.2) is 54.9 Å². The number of rotatable bonds is 4. The molecule has 1 aliphatic rings. The molecule has 5 nitrogen and oxygen atoms in total. The smallest absolute Gasteiger partial charge is 0.227 e. The summed E-state index contributed by atoms with van der Waals surface area (Å²) in [6, 6.07) is 13.4. The lowest BCUT2D eigenvalue weighted by molar-refractivity contribution is -0.683. The maximum absolute atomic E-state index is 12.3. The third kappa shape index (κ3) is 3.90. The number of Topliss-reactive ketones (excluding diaryl/α,β-unsaturated/α-hetero) is 1. The summed E-state index contributed by atoms with van der Waals surface area (Å²) in [4.78, 5) is 12.3. The Morgan fingerprint density at radius 3 is 2.54 bits per heavy atom. The van der Waals surface area contributed by atoms with Crippen LogP contribution in [0.5, 0.6) is 0 Å². The first-order chi connectivity index (χ1) is 12.3. The van der Waals surface area contributed by atoms with Gasteiger partial charge in [-0.15, -0.1) is 10.2 Å². The molecule has 4 rings (SSSR count). The molecule has 0 bridgehead atoms. The first kappa shape index (κ1) is 18.5. The van der Waals surface area contributed by atoms with Crippen LogP contribution in [0.3, 0.4) is 0 Å². The van der Waals surface area contributed by atoms with E-state index in [4.69, 9.17) is 0 Å². The summed E-state index contributed by atoms with van der Waals surface area (Å²) in [6.07, 6.45) is 8.50. The molecule has 26 heavy (non-hydrogen) atoms. The molecule has 0 aliphatic carbocycles. The van der Waals surface area contributed by atoms with Gasteiger partial charge in [-0.2, -0.15) is 4.57 Å². The highest BCUT2D eigenvalue weighted by Gasteiger charge is 2.17. The molecule has 3 heterocycles. The quantitative estimate of drug-likeness (QED) is 0.442. The normalized spacial score (nSPS) is 13.4. The number of ketones is 1. The van der Waals surface area contributed by atoms with Crippen molar-refractivity contribution in [2.24, 2.45) is 0 Å². The molecule has 0 radical (unpaired) electrons. The first-order valence-electron chi connectivity index (χ1n) is 8.81. The average Bonchev–Trinajstić information content (AvgIpc) is 2.91. The standard InChI is InChI=1S/C20H21N4O.BrH/c25-18(16-7-3-1-4-8-16)15-23-13-10-17(11-14-23)20-22-21-19-9-5-2-6-12-24(19)20;/h1,3-4,7-8,10-11,13-14H,2,5-6,9,12,15H2;1H/q+1;/p-1. The Kier molecular flexibility index (Phi) is 5.93. The SMILES string of the molecule is O=C(C[n+]1ccc(-c2nnc3n2CCCCC3)cc1)c1ccccc1.[Br-]. The van der Waals surface area contributed by atoms with Crippen molar-refractivity contribution < 1.29 is 26.3 Å². The van der Waals surface area contributed by atoms with Gasteiger partial charge in [0.1, 0.15) is 5.82 Å². The number of nitrogens with zero attached hydrogens (tertiary/aromatic N) is 4. The fourth-order valence-corrected chi connectivity index (χ4v) is 3.29. The second-order valence-corrected chi connectivity index (χ2v) is 6.45. The highest BCUT2D eigenvalue weighted by atomic mass is 79.9. The van der Waals surface area contributed by atoms with Crippen LogP contribution in [0.25, 0.3) is 11.4 Å². The van der Waals surface area contributed by atoms with Crippen LogP contribution >= 0.6 is 0 Å². The summed E-state index contributed by atoms with van der Waals surface area (Å²) < 4.78 is 4.14. The number of aromatic nitrogens is 4. The molecule has 0 unspecified atom stereocenters. The van der Waals surface area contributed by atoms with Gasteiger partial charge in [0.25, 0.3) is 0 Å². The largest absolute Gasteiger partial charge is 1.00 e. The van der Waals surface area contributed by atoms with Crippen LogP contribution in [0.1, 0.15) is 35.4 Å². The fourth-order valence-electron chi connectivity index (χ4n) is 3.29. The fraction of sp³-hybridized carbons (Fsp3) is 0.300. The summed E-state index contributed by atoms with van der Waals surface area (Å²) in [7, 11) is 0. The predicted octanol–water partition coefficient (Wildman–Crippen LogP) is -0.154. The molecule has 0 saturated heterocycles. The highest BCUT2D eigenvalue weighted by Crippen LogP contribution is 2.21. The van der Waals surface area contributed by atoms with Gasteiger partial charge in [0.2, 0.25) is 12.3 Å². The van der Waals surface area contributed by atoms with Crippen molar-refractivity contribution in [3.05, 3.63) is 66.2 Å². The van der Waals surface area contributed by atoms with E-state index < -0.39 is 0 Å². The van der Waals surface area contributed by atoms with Gasteiger partial charge in [0, 0.05) is 36.2 Å². The van der Waals surface area contributed by atoms with Crippen molar-refractivity contribution >= 4 is 5.78 Å². The van der Waals surface area contributed by atoms with Gasteiger partial charge in [-0.3, -0.25) is 4.79 Å². The maximum atomic E-state index is 12.3. The van der Waals surface area contributed by atoms with Crippen molar-refractivity contribution in [1.29, 1.82) is 0 Å². The number of hydrogen-bond acceptors (Lipinski definition) is 3. The molecule has 0 saturated carbocycles. The summed E-state index contributed by atoms with van der Waals surface area (Å²) in [5.41, 5.74) is 1.78. The monoisotopic (exact) mass is 412 g/mol. The Morgan fingerprint density at radius 1 is 1.00 bits per heavy atom. The van der Waals surface area contributed by atoms with E-state index in [1.807, 2.05) is 59.4 Å². The van der Waals surface area contributed by atoms with Crippen LogP contribution in [0.4, 0.5) is 0 Å². The van der Waals surface area contributed by atoms with Crippen molar-refractivity contribution in [3.8, 4) is 11.4 Å². The second-order valence-electron chi connectivity index (χ2n) is 6.45. The molecule has 1 aromatic carbocycles. The number of carbonyl (C=O) groups excluding carboxylic acids is 1. The molecule has 0 N–H and O–H groups in total. The van der Waals surface area contributed by atoms with E-state index in [-0.39, 0.29) is 22.8 Å². The van der Waals surface area contributed by atoms with E-state index in [1.54, 1.807) is 0 Å².